The molecule has 2 amide bonds. The summed E-state index contributed by atoms with van der Waals surface area (Å²) < 4.78 is 0. The van der Waals surface area contributed by atoms with Crippen LogP contribution >= 0.6 is 0 Å². The molecule has 1 aromatic carbocycles. The van der Waals surface area contributed by atoms with Gasteiger partial charge in [0.15, 0.2) is 0 Å². The molecule has 2 saturated heterocycles. The van der Waals surface area contributed by atoms with Crippen molar-refractivity contribution < 1.29 is 9.59 Å². The maximum Gasteiger partial charge on any atom is 0.246 e. The Morgan fingerprint density at radius 2 is 1.70 bits per heavy atom. The third-order valence-corrected chi connectivity index (χ3v) is 8.77. The predicted molar refractivity (Wildman–Crippen MR) is 151 cm³/mol. The Bertz CT molecular complexity index is 902. The standard InChI is InChI=1S/C32H49N3O2/c1-26(2)25-29-30(36)35(22-18-28-16-10-6-11-17-28)32(31(37)33-29)19-23-34(24-20-32)21-12-4-3-7-13-27-14-8-5-9-15-27/h5,8-9,14-16,26,29H,3-4,6-7,10-13,17-25H2,1-2H3,(H,33,37)/t29-/m0/s1. The average Bonchev–Trinajstić information content (AvgIpc) is 2.91. The van der Waals surface area contributed by atoms with E-state index in [2.05, 4.69) is 60.5 Å². The van der Waals surface area contributed by atoms with Crippen molar-refractivity contribution >= 4 is 11.8 Å². The van der Waals surface area contributed by atoms with Gasteiger partial charge in [-0.3, -0.25) is 9.59 Å². The first kappa shape index (κ1) is 27.9. The molecule has 2 heterocycles. The molecule has 0 saturated carbocycles. The molecule has 37 heavy (non-hydrogen) atoms. The van der Waals surface area contributed by atoms with E-state index < -0.39 is 5.54 Å². The molecule has 5 nitrogen and oxygen atoms in total. The molecular formula is C32H49N3O2. The number of piperidine rings is 1. The average molecular weight is 508 g/mol. The quantitative estimate of drug-likeness (QED) is 0.284. The van der Waals surface area contributed by atoms with E-state index in [-0.39, 0.29) is 17.9 Å². The van der Waals surface area contributed by atoms with Gasteiger partial charge in [-0.1, -0.05) is 68.7 Å². The van der Waals surface area contributed by atoms with Crippen LogP contribution in [-0.4, -0.2) is 59.4 Å². The zero-order valence-electron chi connectivity index (χ0n) is 23.4. The third-order valence-electron chi connectivity index (χ3n) is 8.77. The van der Waals surface area contributed by atoms with Crippen molar-refractivity contribution in [3.05, 3.63) is 47.5 Å². The lowest BCUT2D eigenvalue weighted by molar-refractivity contribution is -0.161. The lowest BCUT2D eigenvalue weighted by Gasteiger charge is -2.52. The van der Waals surface area contributed by atoms with Crippen LogP contribution in [0.25, 0.3) is 0 Å². The Hall–Kier alpha value is -2.14. The first-order valence-corrected chi connectivity index (χ1v) is 15.0. The molecular weight excluding hydrogens is 458 g/mol. The molecule has 204 valence electrons. The maximum atomic E-state index is 13.7. The fraction of sp³-hybridized carbons (Fsp3) is 0.688. The monoisotopic (exact) mass is 507 g/mol. The van der Waals surface area contributed by atoms with Gasteiger partial charge in [0.1, 0.15) is 11.6 Å². The number of nitrogens with zero attached hydrogens (tertiary/aromatic N) is 2. The van der Waals surface area contributed by atoms with E-state index in [9.17, 15) is 9.59 Å². The highest BCUT2D eigenvalue weighted by molar-refractivity contribution is 6.00. The number of amides is 2. The number of aryl methyl sites for hydroxylation is 1. The van der Waals surface area contributed by atoms with Crippen molar-refractivity contribution in [3.63, 3.8) is 0 Å². The van der Waals surface area contributed by atoms with E-state index >= 15 is 0 Å². The largest absolute Gasteiger partial charge is 0.342 e. The number of likely N-dealkylation sites (tertiary alicyclic amines) is 1. The topological polar surface area (TPSA) is 52.7 Å². The Morgan fingerprint density at radius 3 is 2.41 bits per heavy atom. The van der Waals surface area contributed by atoms with Crippen molar-refractivity contribution in [2.24, 2.45) is 5.92 Å². The molecule has 5 heteroatoms. The summed E-state index contributed by atoms with van der Waals surface area (Å²) in [4.78, 5) is 31.8. The fourth-order valence-electron chi connectivity index (χ4n) is 6.52. The molecule has 4 rings (SSSR count). The molecule has 2 aliphatic heterocycles. The van der Waals surface area contributed by atoms with Crippen molar-refractivity contribution in [1.82, 2.24) is 15.1 Å². The number of nitrogens with one attached hydrogen (secondary N) is 1. The van der Waals surface area contributed by atoms with Crippen molar-refractivity contribution in [3.8, 4) is 0 Å². The summed E-state index contributed by atoms with van der Waals surface area (Å²) in [5.41, 5.74) is 2.25. The molecule has 0 aromatic heterocycles. The lowest BCUT2D eigenvalue weighted by atomic mass is 9.80. The Labute approximate surface area is 225 Å². The number of unbranched alkanes of at least 4 members (excludes halogenated alkanes) is 3. The number of hydrogen-bond acceptors (Lipinski definition) is 3. The van der Waals surface area contributed by atoms with Crippen LogP contribution in [-0.2, 0) is 16.0 Å². The Morgan fingerprint density at radius 1 is 0.946 bits per heavy atom. The van der Waals surface area contributed by atoms with Gasteiger partial charge in [-0.15, -0.1) is 0 Å². The molecule has 0 bridgehead atoms. The minimum absolute atomic E-state index is 0.0935. The van der Waals surface area contributed by atoms with Gasteiger partial charge in [0.05, 0.1) is 0 Å². The summed E-state index contributed by atoms with van der Waals surface area (Å²) >= 11 is 0. The third kappa shape index (κ3) is 7.46. The van der Waals surface area contributed by atoms with E-state index in [1.165, 1.54) is 56.1 Å². The fourth-order valence-corrected chi connectivity index (χ4v) is 6.52. The number of piperazine rings is 1. The summed E-state index contributed by atoms with van der Waals surface area (Å²) in [6.07, 6.45) is 16.5. The zero-order chi connectivity index (χ0) is 26.1. The number of benzene rings is 1. The Kier molecular flexibility index (Phi) is 10.2. The highest BCUT2D eigenvalue weighted by Crippen LogP contribution is 2.35. The van der Waals surface area contributed by atoms with E-state index in [0.717, 1.165) is 58.2 Å². The molecule has 1 N–H and O–H groups in total. The number of allylic oxidation sites excluding steroid dienone is 1. The summed E-state index contributed by atoms with van der Waals surface area (Å²) in [6, 6.07) is 10.4. The number of carbonyl (C=O) groups is 2. The second kappa shape index (κ2) is 13.6. The summed E-state index contributed by atoms with van der Waals surface area (Å²) in [6.45, 7) is 7.84. The van der Waals surface area contributed by atoms with Crippen LogP contribution in [0.2, 0.25) is 0 Å². The number of hydrogen-bond donors (Lipinski definition) is 1. The summed E-state index contributed by atoms with van der Waals surface area (Å²) in [5, 5.41) is 3.16. The van der Waals surface area contributed by atoms with Gasteiger partial charge >= 0.3 is 0 Å². The van der Waals surface area contributed by atoms with Crippen LogP contribution < -0.4 is 5.32 Å². The smallest absolute Gasteiger partial charge is 0.246 e. The van der Waals surface area contributed by atoms with Crippen molar-refractivity contribution in [2.75, 3.05) is 26.2 Å². The van der Waals surface area contributed by atoms with Gasteiger partial charge < -0.3 is 15.1 Å². The molecule has 1 aliphatic carbocycles. The molecule has 0 radical (unpaired) electrons. The summed E-state index contributed by atoms with van der Waals surface area (Å²) in [7, 11) is 0. The SMILES string of the molecule is CC(C)C[C@@H]1NC(=O)C2(CCN(CCCCCCc3ccccc3)CC2)N(CCC2=CCCCC2)C1=O. The maximum absolute atomic E-state index is 13.7. The molecule has 1 spiro atoms. The minimum atomic E-state index is -0.661. The van der Waals surface area contributed by atoms with E-state index in [1.54, 1.807) is 0 Å². The van der Waals surface area contributed by atoms with Crippen molar-refractivity contribution in [2.45, 2.75) is 109 Å². The first-order chi connectivity index (χ1) is 18.0. The molecule has 0 unspecified atom stereocenters. The molecule has 2 fully saturated rings. The van der Waals surface area contributed by atoms with Crippen LogP contribution in [0.4, 0.5) is 0 Å². The minimum Gasteiger partial charge on any atom is -0.342 e. The van der Waals surface area contributed by atoms with E-state index in [0.29, 0.717) is 12.5 Å². The second-order valence-corrected chi connectivity index (χ2v) is 12.0. The highest BCUT2D eigenvalue weighted by atomic mass is 16.2. The van der Waals surface area contributed by atoms with Gasteiger partial charge in [-0.25, -0.2) is 0 Å². The first-order valence-electron chi connectivity index (χ1n) is 15.0. The molecule has 3 aliphatic rings. The van der Waals surface area contributed by atoms with Crippen LogP contribution in [0.5, 0.6) is 0 Å². The van der Waals surface area contributed by atoms with Crippen molar-refractivity contribution in [1.29, 1.82) is 0 Å². The van der Waals surface area contributed by atoms with E-state index in [4.69, 9.17) is 0 Å². The number of carbonyl (C=O) groups excluding carboxylic acids is 2. The van der Waals surface area contributed by atoms with Crippen LogP contribution in [0, 0.1) is 5.92 Å². The van der Waals surface area contributed by atoms with E-state index in [1.807, 2.05) is 4.90 Å². The van der Waals surface area contributed by atoms with Gasteiger partial charge in [0.25, 0.3) is 0 Å². The lowest BCUT2D eigenvalue weighted by Crippen LogP contribution is -2.73. The zero-order valence-corrected chi connectivity index (χ0v) is 23.4. The Balaban J connectivity index is 1.28. The predicted octanol–water partition coefficient (Wildman–Crippen LogP) is 5.89. The molecule has 1 aromatic rings. The summed E-state index contributed by atoms with van der Waals surface area (Å²) in [5.74, 6) is 0.619. The van der Waals surface area contributed by atoms with Gasteiger partial charge in [-0.05, 0) is 88.7 Å². The van der Waals surface area contributed by atoms with Crippen LogP contribution in [0.1, 0.15) is 96.5 Å². The highest BCUT2D eigenvalue weighted by Gasteiger charge is 2.53. The van der Waals surface area contributed by atoms with Gasteiger partial charge in [-0.2, -0.15) is 0 Å². The number of rotatable bonds is 12. The normalized spacial score (nSPS) is 22.4. The molecule has 1 atom stereocenters. The second-order valence-electron chi connectivity index (χ2n) is 12.0. The van der Waals surface area contributed by atoms with Crippen LogP contribution in [0.3, 0.4) is 0 Å². The van der Waals surface area contributed by atoms with Crippen LogP contribution in [0.15, 0.2) is 42.0 Å². The van der Waals surface area contributed by atoms with Gasteiger partial charge in [0.2, 0.25) is 11.8 Å². The van der Waals surface area contributed by atoms with Gasteiger partial charge in [0, 0.05) is 19.6 Å².